The lowest BCUT2D eigenvalue weighted by atomic mass is 10.3. The second-order valence-electron chi connectivity index (χ2n) is 3.44. The summed E-state index contributed by atoms with van der Waals surface area (Å²) in [6.07, 6.45) is 1.66. The van der Waals surface area contributed by atoms with Gasteiger partial charge in [0, 0.05) is 25.8 Å². The SMILES string of the molecule is CCn1nccc1C(=O)N1CCOCC1. The Balaban J connectivity index is 2.12. The predicted molar refractivity (Wildman–Crippen MR) is 54.6 cm³/mol. The first-order valence-electron chi connectivity index (χ1n) is 5.21. The van der Waals surface area contributed by atoms with E-state index in [1.165, 1.54) is 0 Å². The first-order valence-corrected chi connectivity index (χ1v) is 5.21. The summed E-state index contributed by atoms with van der Waals surface area (Å²) in [6, 6.07) is 1.77. The monoisotopic (exact) mass is 209 g/mol. The smallest absolute Gasteiger partial charge is 0.272 e. The molecular formula is C10H15N3O2. The Morgan fingerprint density at radius 1 is 1.53 bits per heavy atom. The molecule has 1 aliphatic rings. The molecule has 0 bridgehead atoms. The van der Waals surface area contributed by atoms with E-state index >= 15 is 0 Å². The summed E-state index contributed by atoms with van der Waals surface area (Å²) in [7, 11) is 0. The van der Waals surface area contributed by atoms with Gasteiger partial charge in [-0.2, -0.15) is 5.10 Å². The number of aryl methyl sites for hydroxylation is 1. The quantitative estimate of drug-likeness (QED) is 0.707. The third kappa shape index (κ3) is 2.02. The Bertz CT molecular complexity index is 342. The van der Waals surface area contributed by atoms with E-state index in [2.05, 4.69) is 5.10 Å². The maximum atomic E-state index is 12.1. The maximum Gasteiger partial charge on any atom is 0.272 e. The average Bonchev–Trinajstić information content (AvgIpc) is 2.77. The molecule has 0 N–H and O–H groups in total. The topological polar surface area (TPSA) is 47.4 Å². The van der Waals surface area contributed by atoms with E-state index in [9.17, 15) is 4.79 Å². The summed E-state index contributed by atoms with van der Waals surface area (Å²) < 4.78 is 6.93. The number of nitrogens with zero attached hydrogens (tertiary/aromatic N) is 3. The zero-order chi connectivity index (χ0) is 10.7. The number of hydrogen-bond donors (Lipinski definition) is 0. The van der Waals surface area contributed by atoms with Gasteiger partial charge in [0.25, 0.3) is 5.91 Å². The van der Waals surface area contributed by atoms with Gasteiger partial charge in [0.15, 0.2) is 0 Å². The van der Waals surface area contributed by atoms with Crippen LogP contribution in [0.4, 0.5) is 0 Å². The third-order valence-electron chi connectivity index (χ3n) is 2.53. The van der Waals surface area contributed by atoms with Crippen LogP contribution in [0.5, 0.6) is 0 Å². The van der Waals surface area contributed by atoms with Crippen LogP contribution < -0.4 is 0 Å². The molecule has 0 unspecified atom stereocenters. The Morgan fingerprint density at radius 3 is 2.93 bits per heavy atom. The fraction of sp³-hybridized carbons (Fsp3) is 0.600. The molecule has 5 heteroatoms. The third-order valence-corrected chi connectivity index (χ3v) is 2.53. The fourth-order valence-electron chi connectivity index (χ4n) is 1.69. The van der Waals surface area contributed by atoms with Gasteiger partial charge in [0.05, 0.1) is 13.2 Å². The van der Waals surface area contributed by atoms with Crippen LogP contribution in [0, 0.1) is 0 Å². The number of amides is 1. The lowest BCUT2D eigenvalue weighted by molar-refractivity contribution is 0.0295. The molecule has 1 aliphatic heterocycles. The van der Waals surface area contributed by atoms with E-state index in [4.69, 9.17) is 4.74 Å². The Hall–Kier alpha value is -1.36. The summed E-state index contributed by atoms with van der Waals surface area (Å²) in [4.78, 5) is 13.9. The van der Waals surface area contributed by atoms with Gasteiger partial charge in [-0.1, -0.05) is 0 Å². The van der Waals surface area contributed by atoms with Crippen LogP contribution in [0.1, 0.15) is 17.4 Å². The molecular weight excluding hydrogens is 194 g/mol. The molecule has 2 heterocycles. The molecule has 1 amide bonds. The van der Waals surface area contributed by atoms with Gasteiger partial charge in [-0.3, -0.25) is 9.48 Å². The molecule has 0 atom stereocenters. The average molecular weight is 209 g/mol. The summed E-state index contributed by atoms with van der Waals surface area (Å²) in [6.45, 7) is 5.31. The second kappa shape index (κ2) is 4.44. The Morgan fingerprint density at radius 2 is 2.27 bits per heavy atom. The van der Waals surface area contributed by atoms with E-state index in [1.54, 1.807) is 16.9 Å². The molecule has 0 aliphatic carbocycles. The largest absolute Gasteiger partial charge is 0.378 e. The van der Waals surface area contributed by atoms with Gasteiger partial charge in [-0.25, -0.2) is 0 Å². The normalized spacial score (nSPS) is 16.7. The van der Waals surface area contributed by atoms with Crippen molar-refractivity contribution in [3.63, 3.8) is 0 Å². The highest BCUT2D eigenvalue weighted by atomic mass is 16.5. The van der Waals surface area contributed by atoms with Crippen molar-refractivity contribution in [1.29, 1.82) is 0 Å². The number of hydrogen-bond acceptors (Lipinski definition) is 3. The van der Waals surface area contributed by atoms with E-state index < -0.39 is 0 Å². The van der Waals surface area contributed by atoms with E-state index in [0.717, 1.165) is 6.54 Å². The van der Waals surface area contributed by atoms with Crippen molar-refractivity contribution in [2.45, 2.75) is 13.5 Å². The maximum absolute atomic E-state index is 12.1. The Kier molecular flexibility index (Phi) is 3.01. The minimum atomic E-state index is 0.0534. The van der Waals surface area contributed by atoms with Crippen LogP contribution in [0.3, 0.4) is 0 Å². The molecule has 0 spiro atoms. The van der Waals surface area contributed by atoms with Gasteiger partial charge >= 0.3 is 0 Å². The molecule has 15 heavy (non-hydrogen) atoms. The molecule has 2 rings (SSSR count). The molecule has 1 fully saturated rings. The standard InChI is InChI=1S/C10H15N3O2/c1-2-13-9(3-4-11-13)10(14)12-5-7-15-8-6-12/h3-4H,2,5-8H2,1H3. The van der Waals surface area contributed by atoms with Crippen molar-refractivity contribution >= 4 is 5.91 Å². The van der Waals surface area contributed by atoms with Crippen LogP contribution in [0.15, 0.2) is 12.3 Å². The zero-order valence-corrected chi connectivity index (χ0v) is 8.85. The van der Waals surface area contributed by atoms with Crippen LogP contribution >= 0.6 is 0 Å². The Labute approximate surface area is 88.6 Å². The molecule has 0 aromatic carbocycles. The van der Waals surface area contributed by atoms with Gasteiger partial charge in [0.2, 0.25) is 0 Å². The first kappa shape index (κ1) is 10.2. The molecule has 0 saturated carbocycles. The van der Waals surface area contributed by atoms with Gasteiger partial charge < -0.3 is 9.64 Å². The number of carbonyl (C=O) groups excluding carboxylic acids is 1. The number of ether oxygens (including phenoxy) is 1. The molecule has 82 valence electrons. The van der Waals surface area contributed by atoms with E-state index in [0.29, 0.717) is 32.0 Å². The molecule has 5 nitrogen and oxygen atoms in total. The molecule has 1 aromatic heterocycles. The summed E-state index contributed by atoms with van der Waals surface area (Å²) in [5, 5.41) is 4.09. The van der Waals surface area contributed by atoms with Crippen molar-refractivity contribution in [2.24, 2.45) is 0 Å². The van der Waals surface area contributed by atoms with Crippen molar-refractivity contribution in [3.05, 3.63) is 18.0 Å². The summed E-state index contributed by atoms with van der Waals surface area (Å²) in [5.74, 6) is 0.0534. The highest BCUT2D eigenvalue weighted by molar-refractivity contribution is 5.92. The van der Waals surface area contributed by atoms with E-state index in [-0.39, 0.29) is 5.91 Å². The van der Waals surface area contributed by atoms with Crippen LogP contribution in [0.25, 0.3) is 0 Å². The highest BCUT2D eigenvalue weighted by Gasteiger charge is 2.20. The zero-order valence-electron chi connectivity index (χ0n) is 8.85. The van der Waals surface area contributed by atoms with Gasteiger partial charge in [-0.05, 0) is 13.0 Å². The van der Waals surface area contributed by atoms with Crippen LogP contribution in [-0.4, -0.2) is 46.9 Å². The summed E-state index contributed by atoms with van der Waals surface area (Å²) in [5.41, 5.74) is 0.666. The van der Waals surface area contributed by atoms with Crippen molar-refractivity contribution in [1.82, 2.24) is 14.7 Å². The summed E-state index contributed by atoms with van der Waals surface area (Å²) >= 11 is 0. The van der Waals surface area contributed by atoms with Gasteiger partial charge in [-0.15, -0.1) is 0 Å². The molecule has 0 radical (unpaired) electrons. The van der Waals surface area contributed by atoms with Gasteiger partial charge in [0.1, 0.15) is 5.69 Å². The minimum absolute atomic E-state index is 0.0534. The lowest BCUT2D eigenvalue weighted by Gasteiger charge is -2.26. The van der Waals surface area contributed by atoms with Crippen LogP contribution in [0.2, 0.25) is 0 Å². The highest BCUT2D eigenvalue weighted by Crippen LogP contribution is 2.06. The van der Waals surface area contributed by atoms with Crippen molar-refractivity contribution in [2.75, 3.05) is 26.3 Å². The van der Waals surface area contributed by atoms with Crippen molar-refractivity contribution < 1.29 is 9.53 Å². The lowest BCUT2D eigenvalue weighted by Crippen LogP contribution is -2.41. The van der Waals surface area contributed by atoms with Crippen LogP contribution in [-0.2, 0) is 11.3 Å². The second-order valence-corrected chi connectivity index (χ2v) is 3.44. The minimum Gasteiger partial charge on any atom is -0.378 e. The molecule has 1 aromatic rings. The fourth-order valence-corrected chi connectivity index (χ4v) is 1.69. The molecule has 1 saturated heterocycles. The van der Waals surface area contributed by atoms with E-state index in [1.807, 2.05) is 11.8 Å². The number of aromatic nitrogens is 2. The number of carbonyl (C=O) groups is 1. The number of morpholine rings is 1. The first-order chi connectivity index (χ1) is 7.33. The number of rotatable bonds is 2. The predicted octanol–water partition coefficient (Wildman–Crippen LogP) is 0.375. The van der Waals surface area contributed by atoms with Crippen molar-refractivity contribution in [3.8, 4) is 0 Å².